The van der Waals surface area contributed by atoms with Gasteiger partial charge in [-0.1, -0.05) is 84.4 Å². The fourth-order valence-electron chi connectivity index (χ4n) is 4.55. The molecule has 0 aromatic heterocycles. The number of rotatable bonds is 9. The standard InChI is InChI=1S/C28H23F7N2O2.C7H8/c29-20-11-19(12-23(15-20)39-28(34,35)26(32)33)25(37-27(38)36-22-13-21(30)14-22)18-8-9-24(31)17(10-18)7-6-16-4-2-1-3-5-16;1-7-5-3-2-4-6-7/h1-12,15,21-22,25-26H,13-14H2,(H2,36,37,38);2-6H,1H3/b7-6+;/t21?,22?,25-;/m1./s1. The van der Waals surface area contributed by atoms with Crippen molar-refractivity contribution in [2.24, 2.45) is 0 Å². The summed E-state index contributed by atoms with van der Waals surface area (Å²) >= 11 is 0. The minimum absolute atomic E-state index is 0.0972. The Balaban J connectivity index is 0.000000606. The number of amides is 2. The Kier molecular flexibility index (Phi) is 11.5. The van der Waals surface area contributed by atoms with Crippen LogP contribution in [0.4, 0.5) is 35.5 Å². The van der Waals surface area contributed by atoms with Crippen molar-refractivity contribution in [1.29, 1.82) is 0 Å². The van der Waals surface area contributed by atoms with Gasteiger partial charge in [-0.15, -0.1) is 0 Å². The van der Waals surface area contributed by atoms with Gasteiger partial charge < -0.3 is 15.4 Å². The Bertz CT molecular complexity index is 1610. The molecule has 1 aliphatic carbocycles. The second-order valence-corrected chi connectivity index (χ2v) is 10.7. The Hall–Kier alpha value is -4.80. The lowest BCUT2D eigenvalue weighted by atomic mass is 9.91. The highest BCUT2D eigenvalue weighted by Gasteiger charge is 2.44. The van der Waals surface area contributed by atoms with Crippen LogP contribution < -0.4 is 15.4 Å². The highest BCUT2D eigenvalue weighted by Crippen LogP contribution is 2.33. The van der Waals surface area contributed by atoms with Gasteiger partial charge in [0.15, 0.2) is 0 Å². The van der Waals surface area contributed by atoms with Gasteiger partial charge in [-0.3, -0.25) is 0 Å². The monoisotopic (exact) mass is 644 g/mol. The number of nitrogens with one attached hydrogen (secondary N) is 2. The van der Waals surface area contributed by atoms with Crippen LogP contribution in [0.25, 0.3) is 12.2 Å². The molecule has 0 heterocycles. The molecule has 1 fully saturated rings. The van der Waals surface area contributed by atoms with E-state index in [1.165, 1.54) is 23.8 Å². The van der Waals surface area contributed by atoms with E-state index in [1.807, 2.05) is 24.3 Å². The maximum absolute atomic E-state index is 14.6. The van der Waals surface area contributed by atoms with Gasteiger partial charge in [-0.05, 0) is 60.7 Å². The van der Waals surface area contributed by atoms with Gasteiger partial charge >= 0.3 is 18.6 Å². The molecule has 46 heavy (non-hydrogen) atoms. The Morgan fingerprint density at radius 1 is 0.870 bits per heavy atom. The van der Waals surface area contributed by atoms with E-state index in [0.29, 0.717) is 6.07 Å². The van der Waals surface area contributed by atoms with Crippen LogP contribution >= 0.6 is 0 Å². The Labute approximate surface area is 261 Å². The van der Waals surface area contributed by atoms with Crippen LogP contribution in [0.15, 0.2) is 97.1 Å². The van der Waals surface area contributed by atoms with E-state index in [0.717, 1.165) is 23.8 Å². The number of aryl methyl sites for hydroxylation is 1. The van der Waals surface area contributed by atoms with E-state index in [9.17, 15) is 35.5 Å². The summed E-state index contributed by atoms with van der Waals surface area (Å²) < 4.78 is 98.6. The quantitative estimate of drug-likeness (QED) is 0.141. The number of benzene rings is 4. The molecule has 1 aliphatic rings. The van der Waals surface area contributed by atoms with Crippen molar-refractivity contribution in [3.05, 3.63) is 137 Å². The molecule has 0 unspecified atom stereocenters. The number of alkyl halides is 5. The summed E-state index contributed by atoms with van der Waals surface area (Å²) in [6, 6.07) is 22.8. The zero-order valence-electron chi connectivity index (χ0n) is 24.6. The molecule has 0 aliphatic heterocycles. The maximum atomic E-state index is 14.6. The molecule has 11 heteroatoms. The minimum atomic E-state index is -4.90. The summed E-state index contributed by atoms with van der Waals surface area (Å²) in [5, 5.41) is 5.10. The number of urea groups is 1. The molecule has 5 rings (SSSR count). The molecule has 242 valence electrons. The van der Waals surface area contributed by atoms with Crippen LogP contribution in [-0.2, 0) is 0 Å². The van der Waals surface area contributed by atoms with Crippen LogP contribution in [0.2, 0.25) is 0 Å². The summed E-state index contributed by atoms with van der Waals surface area (Å²) in [4.78, 5) is 12.7. The van der Waals surface area contributed by atoms with Crippen molar-refractivity contribution in [2.45, 2.75) is 50.6 Å². The van der Waals surface area contributed by atoms with Crippen molar-refractivity contribution < 1.29 is 40.3 Å². The molecule has 4 aromatic rings. The van der Waals surface area contributed by atoms with Gasteiger partial charge in [0.05, 0.1) is 6.04 Å². The molecule has 0 saturated heterocycles. The first-order valence-electron chi connectivity index (χ1n) is 14.3. The van der Waals surface area contributed by atoms with E-state index in [4.69, 9.17) is 0 Å². The number of carbonyl (C=O) groups is 1. The largest absolute Gasteiger partial charge is 0.461 e. The fraction of sp³-hybridized carbons (Fsp3) is 0.229. The summed E-state index contributed by atoms with van der Waals surface area (Å²) in [7, 11) is 0. The Morgan fingerprint density at radius 2 is 1.52 bits per heavy atom. The number of hydrogen-bond donors (Lipinski definition) is 2. The normalized spacial score (nSPS) is 16.6. The predicted octanol–water partition coefficient (Wildman–Crippen LogP) is 9.26. The lowest BCUT2D eigenvalue weighted by Crippen LogP contribution is -2.49. The number of halogens is 7. The second-order valence-electron chi connectivity index (χ2n) is 10.7. The third-order valence-electron chi connectivity index (χ3n) is 6.97. The molecule has 1 atom stereocenters. The molecule has 4 nitrogen and oxygen atoms in total. The molecule has 0 radical (unpaired) electrons. The SMILES string of the molecule is Cc1ccccc1.O=C(NC1CC(F)C1)N[C@@H](c1cc(F)cc(OC(F)(F)C(F)F)c1)c1ccc(F)c(/C=C/c2ccccc2)c1. The molecule has 2 N–H and O–H groups in total. The second kappa shape index (κ2) is 15.5. The van der Waals surface area contributed by atoms with E-state index in [1.54, 1.807) is 30.3 Å². The summed E-state index contributed by atoms with van der Waals surface area (Å²) in [5.74, 6) is -2.63. The number of carbonyl (C=O) groups excluding carboxylic acids is 1. The topological polar surface area (TPSA) is 50.4 Å². The summed E-state index contributed by atoms with van der Waals surface area (Å²) in [5.41, 5.74) is 2.26. The van der Waals surface area contributed by atoms with Crippen molar-refractivity contribution in [1.82, 2.24) is 10.6 Å². The average Bonchev–Trinajstić information content (AvgIpc) is 2.99. The average molecular weight is 645 g/mol. The summed E-state index contributed by atoms with van der Waals surface area (Å²) in [6.45, 7) is 2.08. The third kappa shape index (κ3) is 9.85. The van der Waals surface area contributed by atoms with Crippen LogP contribution in [0.3, 0.4) is 0 Å². The smallest absolute Gasteiger partial charge is 0.428 e. The highest BCUT2D eigenvalue weighted by atomic mass is 19.3. The van der Waals surface area contributed by atoms with Crippen LogP contribution in [-0.4, -0.2) is 30.8 Å². The van der Waals surface area contributed by atoms with Crippen molar-refractivity contribution in [2.75, 3.05) is 0 Å². The molecular formula is C35H31F7N2O2. The van der Waals surface area contributed by atoms with Crippen molar-refractivity contribution in [3.63, 3.8) is 0 Å². The third-order valence-corrected chi connectivity index (χ3v) is 6.97. The van der Waals surface area contributed by atoms with E-state index in [-0.39, 0.29) is 29.5 Å². The fourth-order valence-corrected chi connectivity index (χ4v) is 4.55. The molecular weight excluding hydrogens is 613 g/mol. The first-order valence-corrected chi connectivity index (χ1v) is 14.3. The van der Waals surface area contributed by atoms with Gasteiger partial charge in [-0.25, -0.2) is 18.0 Å². The van der Waals surface area contributed by atoms with E-state index < -0.39 is 54.2 Å². The van der Waals surface area contributed by atoms with Crippen LogP contribution in [0.5, 0.6) is 5.75 Å². The summed E-state index contributed by atoms with van der Waals surface area (Å²) in [6.07, 6.45) is -6.81. The predicted molar refractivity (Wildman–Crippen MR) is 162 cm³/mol. The molecule has 1 saturated carbocycles. The van der Waals surface area contributed by atoms with Gasteiger partial charge in [0.25, 0.3) is 0 Å². The number of ether oxygens (including phenoxy) is 1. The van der Waals surface area contributed by atoms with Gasteiger partial charge in [0, 0.05) is 17.7 Å². The lowest BCUT2D eigenvalue weighted by Gasteiger charge is -2.31. The first-order chi connectivity index (χ1) is 21.9. The first kappa shape index (κ1) is 34.1. The van der Waals surface area contributed by atoms with Gasteiger partial charge in [-0.2, -0.15) is 17.6 Å². The maximum Gasteiger partial charge on any atom is 0.461 e. The number of hydrogen-bond acceptors (Lipinski definition) is 2. The lowest BCUT2D eigenvalue weighted by molar-refractivity contribution is -0.253. The van der Waals surface area contributed by atoms with E-state index >= 15 is 0 Å². The van der Waals surface area contributed by atoms with Gasteiger partial charge in [0.1, 0.15) is 23.6 Å². The highest BCUT2D eigenvalue weighted by molar-refractivity contribution is 5.76. The zero-order chi connectivity index (χ0) is 33.3. The van der Waals surface area contributed by atoms with Gasteiger partial charge in [0.2, 0.25) is 0 Å². The van der Waals surface area contributed by atoms with E-state index in [2.05, 4.69) is 34.4 Å². The van der Waals surface area contributed by atoms with Crippen molar-refractivity contribution >= 4 is 18.2 Å². The molecule has 0 bridgehead atoms. The molecule has 4 aromatic carbocycles. The minimum Gasteiger partial charge on any atom is -0.428 e. The Morgan fingerprint density at radius 3 is 2.11 bits per heavy atom. The van der Waals surface area contributed by atoms with Crippen molar-refractivity contribution in [3.8, 4) is 5.75 Å². The van der Waals surface area contributed by atoms with Crippen LogP contribution in [0, 0.1) is 18.6 Å². The molecule has 2 amide bonds. The zero-order valence-corrected chi connectivity index (χ0v) is 24.6. The van der Waals surface area contributed by atoms with Crippen LogP contribution in [0.1, 0.15) is 46.7 Å². The molecule has 0 spiro atoms.